The van der Waals surface area contributed by atoms with Crippen LogP contribution in [0.2, 0.25) is 0 Å². The van der Waals surface area contributed by atoms with E-state index in [4.69, 9.17) is 0 Å². The van der Waals surface area contributed by atoms with Crippen molar-refractivity contribution in [1.82, 2.24) is 20.3 Å². The average molecular weight is 313 g/mol. The molecule has 23 heavy (non-hydrogen) atoms. The zero-order valence-electron chi connectivity index (χ0n) is 13.7. The monoisotopic (exact) mass is 313 g/mol. The minimum absolute atomic E-state index is 0.0417. The summed E-state index contributed by atoms with van der Waals surface area (Å²) in [5.41, 5.74) is 2.45. The van der Waals surface area contributed by atoms with Gasteiger partial charge in [-0.3, -0.25) is 9.78 Å². The highest BCUT2D eigenvalue weighted by Gasteiger charge is 2.26. The fourth-order valence-corrected chi connectivity index (χ4v) is 2.90. The molecule has 1 fully saturated rings. The zero-order valence-corrected chi connectivity index (χ0v) is 13.7. The largest absolute Gasteiger partial charge is 0.369 e. The van der Waals surface area contributed by atoms with Crippen molar-refractivity contribution in [2.24, 2.45) is 11.8 Å². The van der Waals surface area contributed by atoms with Gasteiger partial charge in [0.15, 0.2) is 5.65 Å². The maximum absolute atomic E-state index is 12.3. The molecule has 1 unspecified atom stereocenters. The first-order chi connectivity index (χ1) is 11.1. The molecule has 1 atom stereocenters. The Kier molecular flexibility index (Phi) is 4.69. The number of piperidine rings is 1. The lowest BCUT2D eigenvalue weighted by molar-refractivity contribution is -0.125. The Bertz CT molecular complexity index is 687. The molecular weight excluding hydrogens is 290 g/mol. The van der Waals surface area contributed by atoms with E-state index in [9.17, 15) is 4.79 Å². The first kappa shape index (κ1) is 15.6. The van der Waals surface area contributed by atoms with E-state index >= 15 is 0 Å². The second-order valence-electron chi connectivity index (χ2n) is 6.52. The molecule has 2 aromatic heterocycles. The van der Waals surface area contributed by atoms with Gasteiger partial charge in [-0.1, -0.05) is 13.8 Å². The van der Waals surface area contributed by atoms with Crippen molar-refractivity contribution in [3.8, 4) is 0 Å². The number of carbonyl (C=O) groups excluding carboxylic acids is 1. The number of nitrogens with zero attached hydrogens (tertiary/aromatic N) is 4. The van der Waals surface area contributed by atoms with E-state index in [-0.39, 0.29) is 11.8 Å². The number of carbonyl (C=O) groups is 1. The van der Waals surface area contributed by atoms with Crippen LogP contribution in [0, 0.1) is 11.8 Å². The van der Waals surface area contributed by atoms with Crippen molar-refractivity contribution in [1.29, 1.82) is 0 Å². The van der Waals surface area contributed by atoms with Crippen molar-refractivity contribution in [2.45, 2.75) is 26.7 Å². The molecule has 122 valence electrons. The first-order valence-electron chi connectivity index (χ1n) is 8.23. The molecule has 1 aliphatic heterocycles. The summed E-state index contributed by atoms with van der Waals surface area (Å²) in [4.78, 5) is 27.4. The summed E-state index contributed by atoms with van der Waals surface area (Å²) < 4.78 is 0. The van der Waals surface area contributed by atoms with E-state index in [1.54, 1.807) is 12.4 Å². The van der Waals surface area contributed by atoms with E-state index in [0.717, 1.165) is 43.7 Å². The van der Waals surface area contributed by atoms with E-state index in [1.165, 1.54) is 0 Å². The Morgan fingerprint density at radius 2 is 2.17 bits per heavy atom. The minimum Gasteiger partial charge on any atom is -0.369 e. The second-order valence-corrected chi connectivity index (χ2v) is 6.52. The van der Waals surface area contributed by atoms with Crippen LogP contribution in [-0.4, -0.2) is 40.5 Å². The van der Waals surface area contributed by atoms with Crippen LogP contribution in [0.25, 0.3) is 11.2 Å². The van der Waals surface area contributed by atoms with Crippen molar-refractivity contribution in [2.75, 3.05) is 24.5 Å². The molecule has 1 saturated heterocycles. The van der Waals surface area contributed by atoms with E-state index in [0.29, 0.717) is 11.6 Å². The maximum atomic E-state index is 12.3. The first-order valence-corrected chi connectivity index (χ1v) is 8.23. The number of fused-ring (bicyclic) bond motifs is 1. The molecule has 0 aromatic carbocycles. The molecule has 6 heteroatoms. The lowest BCUT2D eigenvalue weighted by atomic mass is 9.96. The number of amides is 1. The van der Waals surface area contributed by atoms with Crippen LogP contribution in [0.4, 0.5) is 5.69 Å². The van der Waals surface area contributed by atoms with Gasteiger partial charge in [-0.25, -0.2) is 9.97 Å². The molecule has 3 rings (SSSR count). The smallest absolute Gasteiger partial charge is 0.224 e. The maximum Gasteiger partial charge on any atom is 0.224 e. The quantitative estimate of drug-likeness (QED) is 0.935. The summed E-state index contributed by atoms with van der Waals surface area (Å²) in [6, 6.07) is 2.00. The lowest BCUT2D eigenvalue weighted by Gasteiger charge is -2.33. The van der Waals surface area contributed by atoms with Gasteiger partial charge in [-0.15, -0.1) is 0 Å². The fraction of sp³-hybridized carbons (Fsp3) is 0.529. The predicted molar refractivity (Wildman–Crippen MR) is 90.1 cm³/mol. The zero-order chi connectivity index (χ0) is 16.2. The van der Waals surface area contributed by atoms with Crippen LogP contribution >= 0.6 is 0 Å². The minimum atomic E-state index is 0.0417. The van der Waals surface area contributed by atoms with Crippen LogP contribution in [-0.2, 0) is 4.79 Å². The van der Waals surface area contributed by atoms with Gasteiger partial charge in [-0.05, 0) is 24.8 Å². The van der Waals surface area contributed by atoms with Gasteiger partial charge in [0.05, 0.1) is 17.8 Å². The topological polar surface area (TPSA) is 71.0 Å². The number of anilines is 1. The van der Waals surface area contributed by atoms with Gasteiger partial charge in [0.2, 0.25) is 5.91 Å². The Morgan fingerprint density at radius 1 is 1.35 bits per heavy atom. The molecule has 0 spiro atoms. The van der Waals surface area contributed by atoms with Gasteiger partial charge >= 0.3 is 0 Å². The summed E-state index contributed by atoms with van der Waals surface area (Å²) in [6.45, 7) is 6.63. The fourth-order valence-electron chi connectivity index (χ4n) is 2.90. The highest BCUT2D eigenvalue weighted by molar-refractivity contribution is 5.80. The van der Waals surface area contributed by atoms with E-state index in [2.05, 4.69) is 39.0 Å². The molecule has 1 amide bonds. The molecule has 2 aromatic rings. The third-order valence-electron chi connectivity index (χ3n) is 4.15. The molecule has 1 aliphatic rings. The Labute approximate surface area is 136 Å². The van der Waals surface area contributed by atoms with Crippen LogP contribution in [0.3, 0.4) is 0 Å². The second kappa shape index (κ2) is 6.89. The highest BCUT2D eigenvalue weighted by Crippen LogP contribution is 2.24. The van der Waals surface area contributed by atoms with Crippen molar-refractivity contribution in [3.63, 3.8) is 0 Å². The summed E-state index contributed by atoms with van der Waals surface area (Å²) in [5.74, 6) is 0.680. The number of hydrogen-bond donors (Lipinski definition) is 1. The van der Waals surface area contributed by atoms with Gasteiger partial charge in [0, 0.05) is 32.0 Å². The number of nitrogens with one attached hydrogen (secondary N) is 1. The third kappa shape index (κ3) is 3.75. The summed E-state index contributed by atoms with van der Waals surface area (Å²) in [7, 11) is 0. The number of hydrogen-bond acceptors (Lipinski definition) is 5. The van der Waals surface area contributed by atoms with Gasteiger partial charge in [0.1, 0.15) is 5.52 Å². The van der Waals surface area contributed by atoms with Crippen LogP contribution in [0.15, 0.2) is 24.7 Å². The van der Waals surface area contributed by atoms with Crippen LogP contribution in [0.1, 0.15) is 26.7 Å². The molecular formula is C17H23N5O. The van der Waals surface area contributed by atoms with Crippen molar-refractivity contribution >= 4 is 22.8 Å². The average Bonchev–Trinajstić information content (AvgIpc) is 2.59. The molecule has 0 radical (unpaired) electrons. The Morgan fingerprint density at radius 3 is 3.00 bits per heavy atom. The third-order valence-corrected chi connectivity index (χ3v) is 4.15. The highest BCUT2D eigenvalue weighted by atomic mass is 16.1. The summed E-state index contributed by atoms with van der Waals surface area (Å²) in [5, 5.41) is 3.05. The predicted octanol–water partition coefficient (Wildman–Crippen LogP) is 2.01. The lowest BCUT2D eigenvalue weighted by Crippen LogP contribution is -2.43. The molecule has 0 aliphatic carbocycles. The standard InChI is InChI=1S/C17H23N5O/c1-12(2)9-21-17(23)13-4-3-7-22(11-13)14-8-15-16(20-10-14)19-6-5-18-15/h5-6,8,10,12-13H,3-4,7,9,11H2,1-2H3,(H,21,23). The van der Waals surface area contributed by atoms with Crippen LogP contribution < -0.4 is 10.2 Å². The number of pyridine rings is 1. The summed E-state index contributed by atoms with van der Waals surface area (Å²) in [6.07, 6.45) is 7.10. The molecule has 3 heterocycles. The Balaban J connectivity index is 1.70. The normalized spacial score (nSPS) is 18.4. The number of aromatic nitrogens is 3. The van der Waals surface area contributed by atoms with Crippen molar-refractivity contribution in [3.05, 3.63) is 24.7 Å². The van der Waals surface area contributed by atoms with Crippen molar-refractivity contribution < 1.29 is 4.79 Å². The van der Waals surface area contributed by atoms with Gasteiger partial charge in [0.25, 0.3) is 0 Å². The number of rotatable bonds is 4. The summed E-state index contributed by atoms with van der Waals surface area (Å²) >= 11 is 0. The molecule has 1 N–H and O–H groups in total. The van der Waals surface area contributed by atoms with Gasteiger partial charge < -0.3 is 10.2 Å². The van der Waals surface area contributed by atoms with Gasteiger partial charge in [-0.2, -0.15) is 0 Å². The van der Waals surface area contributed by atoms with E-state index in [1.807, 2.05) is 12.3 Å². The molecule has 0 saturated carbocycles. The Hall–Kier alpha value is -2.24. The molecule has 0 bridgehead atoms. The van der Waals surface area contributed by atoms with E-state index < -0.39 is 0 Å². The SMILES string of the molecule is CC(C)CNC(=O)C1CCCN(c2cnc3nccnc3c2)C1. The molecule has 6 nitrogen and oxygen atoms in total. The van der Waals surface area contributed by atoms with Crippen LogP contribution in [0.5, 0.6) is 0 Å².